The number of hydrogen-bond donors (Lipinski definition) is 2. The molecule has 20 heavy (non-hydrogen) atoms. The lowest BCUT2D eigenvalue weighted by molar-refractivity contribution is 0.162. The Morgan fingerprint density at radius 3 is 2.50 bits per heavy atom. The van der Waals surface area contributed by atoms with Crippen LogP contribution in [0.25, 0.3) is 0 Å². The predicted octanol–water partition coefficient (Wildman–Crippen LogP) is -0.625. The fourth-order valence-corrected chi connectivity index (χ4v) is 2.31. The summed E-state index contributed by atoms with van der Waals surface area (Å²) in [6.45, 7) is 2.27. The van der Waals surface area contributed by atoms with Crippen molar-refractivity contribution in [2.45, 2.75) is 4.90 Å². The number of likely N-dealkylation sites (N-methyl/N-ethyl adjacent to an activating group) is 1. The van der Waals surface area contributed by atoms with Gasteiger partial charge in [-0.25, -0.2) is 23.1 Å². The number of methoxy groups -OCH3 is 1. The summed E-state index contributed by atoms with van der Waals surface area (Å²) in [5, 5.41) is 2.73. The molecule has 0 aliphatic carbocycles. The van der Waals surface area contributed by atoms with Crippen molar-refractivity contribution in [1.29, 1.82) is 0 Å². The maximum absolute atomic E-state index is 12.0. The van der Waals surface area contributed by atoms with Gasteiger partial charge in [-0.1, -0.05) is 0 Å². The highest BCUT2D eigenvalue weighted by molar-refractivity contribution is 7.89. The molecule has 1 aromatic heterocycles. The molecule has 0 amide bonds. The smallest absolute Gasteiger partial charge is 0.243 e. The number of aromatic nitrogens is 2. The quantitative estimate of drug-likeness (QED) is 0.627. The van der Waals surface area contributed by atoms with Crippen molar-refractivity contribution >= 4 is 16.0 Å². The number of sulfonamides is 1. The van der Waals surface area contributed by atoms with Gasteiger partial charge in [-0.05, 0) is 7.05 Å². The number of anilines is 1. The predicted molar refractivity (Wildman–Crippen MR) is 76.1 cm³/mol. The second-order valence-corrected chi connectivity index (χ2v) is 5.95. The van der Waals surface area contributed by atoms with Crippen LogP contribution in [0, 0.1) is 0 Å². The normalized spacial score (nSPS) is 11.8. The lowest BCUT2D eigenvalue weighted by Gasteiger charge is -2.16. The first kappa shape index (κ1) is 16.8. The molecule has 9 heteroatoms. The summed E-state index contributed by atoms with van der Waals surface area (Å²) >= 11 is 0. The van der Waals surface area contributed by atoms with Gasteiger partial charge in [0.15, 0.2) is 0 Å². The van der Waals surface area contributed by atoms with E-state index in [4.69, 9.17) is 4.74 Å². The van der Waals surface area contributed by atoms with Crippen LogP contribution in [0.5, 0.6) is 0 Å². The first-order valence-corrected chi connectivity index (χ1v) is 7.65. The van der Waals surface area contributed by atoms with Crippen LogP contribution in [-0.2, 0) is 14.8 Å². The molecule has 0 radical (unpaired) electrons. The molecule has 1 aromatic rings. The summed E-state index contributed by atoms with van der Waals surface area (Å²) in [6, 6.07) is 0. The summed E-state index contributed by atoms with van der Waals surface area (Å²) in [6.07, 6.45) is 2.55. The number of hydrogen-bond acceptors (Lipinski definition) is 7. The number of rotatable bonds is 9. The summed E-state index contributed by atoms with van der Waals surface area (Å²) in [4.78, 5) is 9.79. The Morgan fingerprint density at radius 1 is 1.30 bits per heavy atom. The van der Waals surface area contributed by atoms with E-state index in [0.717, 1.165) is 6.54 Å². The molecular formula is C11H21N5O3S. The second-order valence-electron chi connectivity index (χ2n) is 4.19. The lowest BCUT2D eigenvalue weighted by Crippen LogP contribution is -2.34. The van der Waals surface area contributed by atoms with Crippen LogP contribution in [0.15, 0.2) is 17.3 Å². The molecule has 0 saturated carbocycles. The topological polar surface area (TPSA) is 96.5 Å². The molecule has 0 aliphatic rings. The van der Waals surface area contributed by atoms with Gasteiger partial charge in [0.05, 0.1) is 19.0 Å². The van der Waals surface area contributed by atoms with E-state index >= 15 is 0 Å². The van der Waals surface area contributed by atoms with Gasteiger partial charge in [-0.15, -0.1) is 0 Å². The van der Waals surface area contributed by atoms with E-state index in [2.05, 4.69) is 20.0 Å². The van der Waals surface area contributed by atoms with Gasteiger partial charge >= 0.3 is 0 Å². The minimum absolute atomic E-state index is 0.0519. The molecule has 0 spiro atoms. The van der Waals surface area contributed by atoms with E-state index in [9.17, 15) is 8.42 Å². The zero-order valence-corrected chi connectivity index (χ0v) is 12.8. The van der Waals surface area contributed by atoms with Crippen LogP contribution in [0.4, 0.5) is 5.95 Å². The van der Waals surface area contributed by atoms with Crippen molar-refractivity contribution in [1.82, 2.24) is 19.6 Å². The third-order valence-corrected chi connectivity index (χ3v) is 4.04. The Labute approximate surface area is 119 Å². The standard InChI is InChI=1S/C11H21N5O3S/c1-12-11-13-8-10(9-14-11)20(17,18)15-4-5-16(2)6-7-19-3/h8-9,15H,4-7H2,1-3H3,(H,12,13,14). The fourth-order valence-electron chi connectivity index (χ4n) is 1.40. The first-order chi connectivity index (χ1) is 9.49. The minimum atomic E-state index is -3.56. The number of ether oxygens (including phenoxy) is 1. The van der Waals surface area contributed by atoms with Gasteiger partial charge in [0.2, 0.25) is 16.0 Å². The van der Waals surface area contributed by atoms with E-state index in [1.807, 2.05) is 11.9 Å². The van der Waals surface area contributed by atoms with Crippen LogP contribution >= 0.6 is 0 Å². The summed E-state index contributed by atoms with van der Waals surface area (Å²) < 4.78 is 31.4. The van der Waals surface area contributed by atoms with Crippen molar-refractivity contribution in [2.75, 3.05) is 52.8 Å². The van der Waals surface area contributed by atoms with E-state index in [1.54, 1.807) is 14.2 Å². The molecule has 2 N–H and O–H groups in total. The molecule has 0 saturated heterocycles. The molecule has 8 nitrogen and oxygen atoms in total. The monoisotopic (exact) mass is 303 g/mol. The fraction of sp³-hybridized carbons (Fsp3) is 0.636. The van der Waals surface area contributed by atoms with Crippen molar-refractivity contribution in [2.24, 2.45) is 0 Å². The molecule has 0 bridgehead atoms. The SMILES string of the molecule is CNc1ncc(S(=O)(=O)NCCN(C)CCOC)cn1. The highest BCUT2D eigenvalue weighted by Gasteiger charge is 2.14. The van der Waals surface area contributed by atoms with Gasteiger partial charge in [-0.2, -0.15) is 0 Å². The maximum atomic E-state index is 12.0. The Balaban J connectivity index is 2.48. The van der Waals surface area contributed by atoms with E-state index < -0.39 is 10.0 Å². The molecule has 0 unspecified atom stereocenters. The highest BCUT2D eigenvalue weighted by Crippen LogP contribution is 2.06. The summed E-state index contributed by atoms with van der Waals surface area (Å²) in [7, 11) is 1.63. The maximum Gasteiger partial charge on any atom is 0.243 e. The Morgan fingerprint density at radius 2 is 1.95 bits per heavy atom. The van der Waals surface area contributed by atoms with Crippen LogP contribution in [0.3, 0.4) is 0 Å². The van der Waals surface area contributed by atoms with E-state index in [0.29, 0.717) is 25.6 Å². The Hall–Kier alpha value is -1.29. The molecule has 0 aliphatic heterocycles. The third-order valence-electron chi connectivity index (χ3n) is 2.62. The van der Waals surface area contributed by atoms with Gasteiger partial charge in [-0.3, -0.25) is 0 Å². The number of nitrogens with one attached hydrogen (secondary N) is 2. The minimum Gasteiger partial charge on any atom is -0.383 e. The van der Waals surface area contributed by atoms with Crippen LogP contribution in [0.1, 0.15) is 0 Å². The molecule has 1 rings (SSSR count). The Kier molecular flexibility index (Phi) is 6.79. The average molecular weight is 303 g/mol. The van der Waals surface area contributed by atoms with Gasteiger partial charge in [0.1, 0.15) is 4.90 Å². The Bertz CT molecular complexity index is 491. The van der Waals surface area contributed by atoms with E-state index in [-0.39, 0.29) is 4.90 Å². The highest BCUT2D eigenvalue weighted by atomic mass is 32.2. The van der Waals surface area contributed by atoms with Crippen LogP contribution in [0.2, 0.25) is 0 Å². The second kappa shape index (κ2) is 8.10. The zero-order valence-electron chi connectivity index (χ0n) is 12.0. The molecule has 0 aromatic carbocycles. The summed E-state index contributed by atoms with van der Waals surface area (Å²) in [5.41, 5.74) is 0. The average Bonchev–Trinajstić information content (AvgIpc) is 2.45. The van der Waals surface area contributed by atoms with Crippen molar-refractivity contribution in [3.8, 4) is 0 Å². The third kappa shape index (κ3) is 5.37. The molecule has 0 fully saturated rings. The van der Waals surface area contributed by atoms with E-state index in [1.165, 1.54) is 12.4 Å². The first-order valence-electron chi connectivity index (χ1n) is 6.16. The lowest BCUT2D eigenvalue weighted by atomic mass is 10.5. The number of nitrogens with zero attached hydrogens (tertiary/aromatic N) is 3. The zero-order chi connectivity index (χ0) is 15.0. The van der Waals surface area contributed by atoms with Gasteiger partial charge < -0.3 is 15.0 Å². The molecule has 1 heterocycles. The van der Waals surface area contributed by atoms with Crippen molar-refractivity contribution in [3.05, 3.63) is 12.4 Å². The van der Waals surface area contributed by atoms with Crippen molar-refractivity contribution in [3.63, 3.8) is 0 Å². The molecular weight excluding hydrogens is 282 g/mol. The molecule has 114 valence electrons. The summed E-state index contributed by atoms with van der Waals surface area (Å²) in [5.74, 6) is 0.378. The van der Waals surface area contributed by atoms with Crippen molar-refractivity contribution < 1.29 is 13.2 Å². The van der Waals surface area contributed by atoms with Gasteiger partial charge in [0.25, 0.3) is 0 Å². The largest absolute Gasteiger partial charge is 0.383 e. The van der Waals surface area contributed by atoms with Crippen LogP contribution in [-0.4, -0.2) is 70.7 Å². The van der Waals surface area contributed by atoms with Gasteiger partial charge in [0, 0.05) is 33.8 Å². The molecule has 0 atom stereocenters. The van der Waals surface area contributed by atoms with Crippen LogP contribution < -0.4 is 10.0 Å².